The Bertz CT molecular complexity index is 484. The van der Waals surface area contributed by atoms with Crippen LogP contribution < -0.4 is 4.57 Å². The first-order valence-corrected chi connectivity index (χ1v) is 5.95. The summed E-state index contributed by atoms with van der Waals surface area (Å²) < 4.78 is 2.27. The largest absolute Gasteiger partial charge is 0.252 e. The zero-order valence-electron chi connectivity index (χ0n) is 10.7. The zero-order valence-corrected chi connectivity index (χ0v) is 10.7. The summed E-state index contributed by atoms with van der Waals surface area (Å²) >= 11 is 0. The van der Waals surface area contributed by atoms with E-state index in [1.165, 1.54) is 11.3 Å². The molecule has 1 aromatic heterocycles. The Kier molecular flexibility index (Phi) is 3.23. The fraction of sp³-hybridized carbons (Fsp3) is 0.333. The molecule has 0 spiro atoms. The molecule has 1 heterocycles. The first kappa shape index (κ1) is 11.8. The highest BCUT2D eigenvalue weighted by Crippen LogP contribution is 2.17. The Morgan fingerprint density at radius 3 is 2.47 bits per heavy atom. The molecule has 1 aromatic carbocycles. The zero-order chi connectivity index (χ0) is 12.3. The molecule has 0 amide bonds. The third-order valence-electron chi connectivity index (χ3n) is 2.80. The van der Waals surface area contributed by atoms with Crippen LogP contribution in [-0.4, -0.2) is 4.98 Å². The van der Waals surface area contributed by atoms with Gasteiger partial charge in [-0.3, -0.25) is 4.98 Å². The van der Waals surface area contributed by atoms with E-state index in [0.717, 1.165) is 6.54 Å². The van der Waals surface area contributed by atoms with Gasteiger partial charge in [0.2, 0.25) is 5.69 Å². The molecule has 0 N–H and O–H groups in total. The number of aromatic nitrogens is 2. The van der Waals surface area contributed by atoms with Crippen molar-refractivity contribution in [1.29, 1.82) is 0 Å². The normalized spacial score (nSPS) is 11.5. The van der Waals surface area contributed by atoms with E-state index in [0.29, 0.717) is 0 Å². The van der Waals surface area contributed by atoms with E-state index in [-0.39, 0.29) is 5.41 Å². The molecule has 2 nitrogen and oxygen atoms in total. The maximum atomic E-state index is 4.23. The fourth-order valence-corrected chi connectivity index (χ4v) is 1.93. The van der Waals surface area contributed by atoms with Crippen LogP contribution in [0.1, 0.15) is 32.0 Å². The van der Waals surface area contributed by atoms with Gasteiger partial charge in [0.15, 0.2) is 12.7 Å². The van der Waals surface area contributed by atoms with Crippen molar-refractivity contribution in [3.63, 3.8) is 0 Å². The van der Waals surface area contributed by atoms with Crippen molar-refractivity contribution in [3.05, 3.63) is 60.2 Å². The first-order valence-electron chi connectivity index (χ1n) is 5.95. The lowest BCUT2D eigenvalue weighted by Gasteiger charge is -2.15. The summed E-state index contributed by atoms with van der Waals surface area (Å²) in [4.78, 5) is 4.23. The molecule has 88 valence electrons. The second-order valence-corrected chi connectivity index (χ2v) is 5.33. The van der Waals surface area contributed by atoms with E-state index in [1.807, 2.05) is 24.7 Å². The van der Waals surface area contributed by atoms with Gasteiger partial charge < -0.3 is 0 Å². The summed E-state index contributed by atoms with van der Waals surface area (Å²) in [6.07, 6.45) is 5.86. The molecule has 0 saturated heterocycles. The van der Waals surface area contributed by atoms with Gasteiger partial charge in [-0.05, 0) is 0 Å². The Morgan fingerprint density at radius 2 is 1.82 bits per heavy atom. The first-order chi connectivity index (χ1) is 8.07. The van der Waals surface area contributed by atoms with Crippen molar-refractivity contribution < 1.29 is 4.57 Å². The van der Waals surface area contributed by atoms with Crippen molar-refractivity contribution in [2.75, 3.05) is 0 Å². The second kappa shape index (κ2) is 4.66. The van der Waals surface area contributed by atoms with Crippen LogP contribution in [0.15, 0.2) is 48.9 Å². The van der Waals surface area contributed by atoms with Crippen LogP contribution in [0.4, 0.5) is 0 Å². The van der Waals surface area contributed by atoms with Gasteiger partial charge in [-0.25, -0.2) is 0 Å². The van der Waals surface area contributed by atoms with Crippen LogP contribution in [0.25, 0.3) is 0 Å². The molecule has 0 aliphatic rings. The molecule has 17 heavy (non-hydrogen) atoms. The quantitative estimate of drug-likeness (QED) is 0.721. The van der Waals surface area contributed by atoms with Crippen LogP contribution in [0.2, 0.25) is 0 Å². The smallest absolute Gasteiger partial charge is 0.205 e. The average Bonchev–Trinajstić information content (AvgIpc) is 2.30. The topological polar surface area (TPSA) is 16.8 Å². The van der Waals surface area contributed by atoms with E-state index >= 15 is 0 Å². The summed E-state index contributed by atoms with van der Waals surface area (Å²) in [5, 5.41) is 0. The van der Waals surface area contributed by atoms with E-state index < -0.39 is 0 Å². The molecule has 2 rings (SSSR count). The number of rotatable bonds is 2. The summed E-state index contributed by atoms with van der Waals surface area (Å²) in [5.74, 6) is 0. The second-order valence-electron chi connectivity index (χ2n) is 5.33. The molecule has 0 fully saturated rings. The Morgan fingerprint density at radius 1 is 1.12 bits per heavy atom. The van der Waals surface area contributed by atoms with Gasteiger partial charge in [-0.15, -0.1) is 0 Å². The van der Waals surface area contributed by atoms with Crippen molar-refractivity contribution >= 4 is 0 Å². The number of benzene rings is 1. The third kappa shape index (κ3) is 2.90. The highest BCUT2D eigenvalue weighted by atomic mass is 15.0. The Balaban J connectivity index is 2.34. The van der Waals surface area contributed by atoms with Crippen LogP contribution in [0, 0.1) is 0 Å². The molecule has 0 atom stereocenters. The van der Waals surface area contributed by atoms with Gasteiger partial charge in [-0.2, -0.15) is 4.57 Å². The van der Waals surface area contributed by atoms with E-state index in [4.69, 9.17) is 0 Å². The average molecular weight is 227 g/mol. The molecule has 0 radical (unpaired) electrons. The predicted octanol–water partition coefficient (Wildman–Crippen LogP) is 2.71. The fourth-order valence-electron chi connectivity index (χ4n) is 1.93. The lowest BCUT2D eigenvalue weighted by molar-refractivity contribution is -0.699. The molecule has 0 unspecified atom stereocenters. The van der Waals surface area contributed by atoms with Crippen LogP contribution in [0.5, 0.6) is 0 Å². The van der Waals surface area contributed by atoms with E-state index in [1.54, 1.807) is 0 Å². The summed E-state index contributed by atoms with van der Waals surface area (Å²) in [5.41, 5.74) is 2.68. The van der Waals surface area contributed by atoms with Crippen molar-refractivity contribution in [2.24, 2.45) is 0 Å². The minimum Gasteiger partial charge on any atom is -0.252 e. The molecule has 0 saturated carbocycles. The van der Waals surface area contributed by atoms with Crippen molar-refractivity contribution in [2.45, 2.75) is 32.7 Å². The molecular formula is C15H19N2+. The molecule has 2 heteroatoms. The summed E-state index contributed by atoms with van der Waals surface area (Å²) in [6.45, 7) is 7.54. The minimum atomic E-state index is 0.114. The van der Waals surface area contributed by atoms with Gasteiger partial charge in [0.25, 0.3) is 0 Å². The van der Waals surface area contributed by atoms with E-state index in [9.17, 15) is 0 Å². The van der Waals surface area contributed by atoms with Crippen LogP contribution in [0.3, 0.4) is 0 Å². The lowest BCUT2D eigenvalue weighted by atomic mass is 9.92. The van der Waals surface area contributed by atoms with Gasteiger partial charge in [-0.1, -0.05) is 51.1 Å². The highest BCUT2D eigenvalue weighted by molar-refractivity contribution is 5.13. The maximum absolute atomic E-state index is 4.23. The van der Waals surface area contributed by atoms with E-state index in [2.05, 4.69) is 54.6 Å². The lowest BCUT2D eigenvalue weighted by Crippen LogP contribution is -2.43. The molecule has 0 aliphatic carbocycles. The van der Waals surface area contributed by atoms with Gasteiger partial charge >= 0.3 is 0 Å². The molecule has 0 aliphatic heterocycles. The van der Waals surface area contributed by atoms with Crippen LogP contribution in [-0.2, 0) is 12.0 Å². The third-order valence-corrected chi connectivity index (χ3v) is 2.80. The molecule has 0 bridgehead atoms. The highest BCUT2D eigenvalue weighted by Gasteiger charge is 2.25. The molecule has 2 aromatic rings. The van der Waals surface area contributed by atoms with Gasteiger partial charge in [0.1, 0.15) is 0 Å². The Labute approximate surface area is 103 Å². The Hall–Kier alpha value is -1.70. The summed E-state index contributed by atoms with van der Waals surface area (Å²) in [6, 6.07) is 10.5. The minimum absolute atomic E-state index is 0.114. The van der Waals surface area contributed by atoms with Gasteiger partial charge in [0.05, 0.1) is 12.4 Å². The summed E-state index contributed by atoms with van der Waals surface area (Å²) in [7, 11) is 0. The van der Waals surface area contributed by atoms with Crippen molar-refractivity contribution in [3.8, 4) is 0 Å². The number of hydrogen-bond donors (Lipinski definition) is 0. The monoisotopic (exact) mass is 227 g/mol. The van der Waals surface area contributed by atoms with Crippen molar-refractivity contribution in [1.82, 2.24) is 4.98 Å². The maximum Gasteiger partial charge on any atom is 0.205 e. The number of hydrogen-bond acceptors (Lipinski definition) is 1. The van der Waals surface area contributed by atoms with Gasteiger partial charge in [0, 0.05) is 11.0 Å². The number of nitrogens with zero attached hydrogens (tertiary/aromatic N) is 2. The predicted molar refractivity (Wildman–Crippen MR) is 68.7 cm³/mol. The SMILES string of the molecule is CC(C)(C)c1cncc[n+]1Cc1ccccc1. The standard InChI is InChI=1S/C15H19N2/c1-15(2,3)14-11-16-9-10-17(14)12-13-7-5-4-6-8-13/h4-11H,12H2,1-3H3/q+1. The van der Waals surface area contributed by atoms with Crippen LogP contribution >= 0.6 is 0 Å². The molecular weight excluding hydrogens is 208 g/mol.